The largest absolute Gasteiger partial charge is 0.480 e. The first-order chi connectivity index (χ1) is 12.5. The Balaban J connectivity index is 2.31. The van der Waals surface area contributed by atoms with Crippen LogP contribution in [0.1, 0.15) is 11.5 Å². The lowest BCUT2D eigenvalue weighted by Crippen LogP contribution is -2.26. The fraction of sp³-hybridized carbons (Fsp3) is 0.0500. The molecule has 0 atom stereocenters. The van der Waals surface area contributed by atoms with Gasteiger partial charge < -0.3 is 14.6 Å². The summed E-state index contributed by atoms with van der Waals surface area (Å²) in [4.78, 5) is 35.0. The summed E-state index contributed by atoms with van der Waals surface area (Å²) in [5, 5.41) is 18.4. The van der Waals surface area contributed by atoms with Crippen molar-refractivity contribution in [2.75, 3.05) is 0 Å². The van der Waals surface area contributed by atoms with Crippen LogP contribution in [0.15, 0.2) is 75.9 Å². The molecule has 2 N–H and O–H groups in total. The molecule has 0 spiro atoms. The quantitative estimate of drug-likeness (QED) is 0.685. The number of aliphatic carboxylic acids is 2. The minimum atomic E-state index is -2.00. The Kier molecular flexibility index (Phi) is 4.66. The van der Waals surface area contributed by atoms with E-state index in [-0.39, 0.29) is 5.76 Å². The van der Waals surface area contributed by atoms with Crippen LogP contribution in [0.25, 0.3) is 22.5 Å². The number of carboxylic acid groups (broad SMARTS) is 2. The Morgan fingerprint density at radius 3 is 1.81 bits per heavy atom. The third-order valence-electron chi connectivity index (χ3n) is 3.90. The second kappa shape index (κ2) is 7.06. The number of hydrogen-bond acceptors (Lipinski definition) is 4. The highest BCUT2D eigenvalue weighted by Crippen LogP contribution is 2.33. The van der Waals surface area contributed by atoms with Crippen molar-refractivity contribution in [2.45, 2.75) is 5.92 Å². The third-order valence-corrected chi connectivity index (χ3v) is 3.90. The van der Waals surface area contributed by atoms with Crippen molar-refractivity contribution in [3.63, 3.8) is 0 Å². The maximum atomic E-state index is 12.4. The van der Waals surface area contributed by atoms with Gasteiger partial charge in [-0.2, -0.15) is 0 Å². The molecular weight excluding hydrogens is 336 g/mol. The molecule has 1 aromatic heterocycles. The van der Waals surface area contributed by atoms with E-state index in [1.165, 1.54) is 6.07 Å². The lowest BCUT2D eigenvalue weighted by atomic mass is 9.94. The first-order valence-electron chi connectivity index (χ1n) is 7.73. The number of carbonyl (C=O) groups is 2. The number of rotatable bonds is 5. The van der Waals surface area contributed by atoms with E-state index < -0.39 is 29.0 Å². The minimum Gasteiger partial charge on any atom is -0.480 e. The zero-order valence-corrected chi connectivity index (χ0v) is 13.5. The molecular formula is C20H14O6. The summed E-state index contributed by atoms with van der Waals surface area (Å²) in [7, 11) is 0. The molecule has 0 unspecified atom stereocenters. The van der Waals surface area contributed by atoms with Crippen LogP contribution >= 0.6 is 0 Å². The van der Waals surface area contributed by atoms with Gasteiger partial charge in [0.2, 0.25) is 0 Å². The van der Waals surface area contributed by atoms with Crippen molar-refractivity contribution in [3.8, 4) is 22.5 Å². The van der Waals surface area contributed by atoms with Gasteiger partial charge in [0.1, 0.15) is 5.76 Å². The predicted molar refractivity (Wildman–Crippen MR) is 93.9 cm³/mol. The fourth-order valence-corrected chi connectivity index (χ4v) is 2.70. The lowest BCUT2D eigenvalue weighted by molar-refractivity contribution is -0.150. The average molecular weight is 350 g/mol. The fourth-order valence-electron chi connectivity index (χ4n) is 2.70. The van der Waals surface area contributed by atoms with E-state index in [2.05, 4.69) is 0 Å². The van der Waals surface area contributed by atoms with E-state index in [1.807, 2.05) is 12.1 Å². The molecule has 3 rings (SSSR count). The van der Waals surface area contributed by atoms with Crippen LogP contribution in [0.2, 0.25) is 0 Å². The Morgan fingerprint density at radius 2 is 1.31 bits per heavy atom. The topological polar surface area (TPSA) is 105 Å². The van der Waals surface area contributed by atoms with Crippen molar-refractivity contribution >= 4 is 11.9 Å². The number of hydrogen-bond donors (Lipinski definition) is 2. The summed E-state index contributed by atoms with van der Waals surface area (Å²) >= 11 is 0. The van der Waals surface area contributed by atoms with Crippen LogP contribution in [0.5, 0.6) is 0 Å². The highest BCUT2D eigenvalue weighted by atomic mass is 16.4. The van der Waals surface area contributed by atoms with E-state index >= 15 is 0 Å². The van der Waals surface area contributed by atoms with Gasteiger partial charge in [-0.25, -0.2) is 4.79 Å². The Bertz CT molecular complexity index is 991. The van der Waals surface area contributed by atoms with Gasteiger partial charge in [-0.15, -0.1) is 0 Å². The summed E-state index contributed by atoms with van der Waals surface area (Å²) in [5.41, 5.74) is 0.323. The third kappa shape index (κ3) is 3.25. The van der Waals surface area contributed by atoms with E-state index in [0.29, 0.717) is 16.7 Å². The Labute approximate surface area is 148 Å². The molecule has 130 valence electrons. The molecule has 0 aliphatic rings. The number of carboxylic acids is 2. The predicted octanol–water partition coefficient (Wildman–Crippen LogP) is 3.23. The van der Waals surface area contributed by atoms with Gasteiger partial charge in [-0.05, 0) is 11.6 Å². The summed E-state index contributed by atoms with van der Waals surface area (Å²) in [5.74, 6) is -5.01. The van der Waals surface area contributed by atoms with Gasteiger partial charge >= 0.3 is 17.6 Å². The van der Waals surface area contributed by atoms with Gasteiger partial charge in [-0.1, -0.05) is 60.7 Å². The second-order valence-electron chi connectivity index (χ2n) is 5.57. The summed E-state index contributed by atoms with van der Waals surface area (Å²) in [6.07, 6.45) is 0. The monoisotopic (exact) mass is 350 g/mol. The molecule has 0 aliphatic heterocycles. The first kappa shape index (κ1) is 17.2. The molecule has 0 radical (unpaired) electrons. The number of benzene rings is 2. The van der Waals surface area contributed by atoms with E-state index in [4.69, 9.17) is 4.42 Å². The van der Waals surface area contributed by atoms with Gasteiger partial charge in [0.05, 0.1) is 5.56 Å². The first-order valence-corrected chi connectivity index (χ1v) is 7.73. The minimum absolute atomic E-state index is 0.250. The maximum absolute atomic E-state index is 12.4. The van der Waals surface area contributed by atoms with Crippen LogP contribution < -0.4 is 5.63 Å². The molecule has 1 heterocycles. The van der Waals surface area contributed by atoms with Gasteiger partial charge in [0.15, 0.2) is 5.92 Å². The summed E-state index contributed by atoms with van der Waals surface area (Å²) in [6.45, 7) is 0. The molecule has 6 nitrogen and oxygen atoms in total. The van der Waals surface area contributed by atoms with Crippen LogP contribution in [0.4, 0.5) is 0 Å². The molecule has 6 heteroatoms. The second-order valence-corrected chi connectivity index (χ2v) is 5.57. The molecule has 0 amide bonds. The molecule has 0 saturated carbocycles. The summed E-state index contributed by atoms with van der Waals surface area (Å²) in [6, 6.07) is 19.0. The molecule has 2 aromatic carbocycles. The molecule has 0 bridgehead atoms. The smallest absolute Gasteiger partial charge is 0.340 e. The molecule has 26 heavy (non-hydrogen) atoms. The van der Waals surface area contributed by atoms with Crippen molar-refractivity contribution in [2.24, 2.45) is 0 Å². The van der Waals surface area contributed by atoms with Crippen LogP contribution in [-0.4, -0.2) is 22.2 Å². The van der Waals surface area contributed by atoms with Crippen molar-refractivity contribution < 1.29 is 24.2 Å². The average Bonchev–Trinajstić information content (AvgIpc) is 2.64. The molecule has 0 aliphatic carbocycles. The lowest BCUT2D eigenvalue weighted by Gasteiger charge is -2.13. The normalized spacial score (nSPS) is 10.7. The van der Waals surface area contributed by atoms with Gasteiger partial charge in [0.25, 0.3) is 0 Å². The van der Waals surface area contributed by atoms with Crippen molar-refractivity contribution in [1.82, 2.24) is 0 Å². The Morgan fingerprint density at radius 1 is 0.808 bits per heavy atom. The van der Waals surface area contributed by atoms with Crippen LogP contribution in [0, 0.1) is 0 Å². The van der Waals surface area contributed by atoms with Gasteiger partial charge in [-0.3, -0.25) is 9.59 Å². The highest BCUT2D eigenvalue weighted by molar-refractivity contribution is 5.99. The maximum Gasteiger partial charge on any atom is 0.340 e. The van der Waals surface area contributed by atoms with Crippen molar-refractivity contribution in [1.29, 1.82) is 0 Å². The van der Waals surface area contributed by atoms with E-state index in [1.54, 1.807) is 48.5 Å². The van der Waals surface area contributed by atoms with Crippen LogP contribution in [0.3, 0.4) is 0 Å². The molecule has 3 aromatic rings. The zero-order chi connectivity index (χ0) is 18.7. The zero-order valence-electron chi connectivity index (χ0n) is 13.5. The Hall–Kier alpha value is -3.67. The molecule has 0 fully saturated rings. The standard InChI is InChI=1S/C20H14O6/c21-18(22)16(19(23)24)15-11-14(12-7-3-1-4-8-12)17(26-20(15)25)13-9-5-2-6-10-13/h1-11,16H,(H,21,22)(H,23,24). The SMILES string of the molecule is O=C(O)C(C(=O)O)c1cc(-c2ccccc2)c(-c2ccccc2)oc1=O. The van der Waals surface area contributed by atoms with Crippen molar-refractivity contribution in [3.05, 3.63) is 82.7 Å². The molecule has 0 saturated heterocycles. The van der Waals surface area contributed by atoms with E-state index in [9.17, 15) is 24.6 Å². The van der Waals surface area contributed by atoms with Crippen LogP contribution in [-0.2, 0) is 9.59 Å². The van der Waals surface area contributed by atoms with E-state index in [0.717, 1.165) is 0 Å². The summed E-state index contributed by atoms with van der Waals surface area (Å²) < 4.78 is 5.38. The van der Waals surface area contributed by atoms with Gasteiger partial charge in [0, 0.05) is 11.1 Å². The highest BCUT2D eigenvalue weighted by Gasteiger charge is 2.32.